The van der Waals surface area contributed by atoms with Gasteiger partial charge >= 0.3 is 0 Å². The molecular formula is C17H15N3O2. The fourth-order valence-corrected chi connectivity index (χ4v) is 2.63. The minimum Gasteiger partial charge on any atom is -0.454 e. The molecule has 4 rings (SSSR count). The topological polar surface area (TPSA) is 69.4 Å². The number of rotatable bonds is 2. The number of nitrogens with one attached hydrogen (secondary N) is 1. The van der Waals surface area contributed by atoms with Crippen LogP contribution in [0.2, 0.25) is 0 Å². The molecule has 5 heteroatoms. The molecule has 5 nitrogen and oxygen atoms in total. The van der Waals surface area contributed by atoms with Crippen LogP contribution in [0, 0.1) is 6.92 Å². The molecule has 2 aromatic carbocycles. The number of anilines is 3. The number of nitrogen functional groups attached to an aromatic ring is 1. The summed E-state index contributed by atoms with van der Waals surface area (Å²) < 4.78 is 10.7. The standard InChI is InChI=1S/C17H15N3O2/c1-10-7-13-12(3-2-4-14(13)18)17(19-10)20-11-5-6-15-16(8-11)22-9-21-15/h2-8H,9,18H2,1H3,(H,19,20). The molecule has 0 spiro atoms. The summed E-state index contributed by atoms with van der Waals surface area (Å²) in [4.78, 5) is 4.59. The van der Waals surface area contributed by atoms with E-state index in [1.165, 1.54) is 0 Å². The average Bonchev–Trinajstić information content (AvgIpc) is 2.96. The van der Waals surface area contributed by atoms with E-state index in [1.54, 1.807) is 0 Å². The van der Waals surface area contributed by atoms with Crippen molar-refractivity contribution in [2.24, 2.45) is 0 Å². The molecule has 1 aliphatic rings. The molecular weight excluding hydrogens is 278 g/mol. The number of aromatic nitrogens is 1. The molecule has 0 radical (unpaired) electrons. The zero-order chi connectivity index (χ0) is 15.1. The highest BCUT2D eigenvalue weighted by atomic mass is 16.7. The number of benzene rings is 2. The minimum atomic E-state index is 0.265. The van der Waals surface area contributed by atoms with Crippen LogP contribution in [0.5, 0.6) is 11.5 Å². The van der Waals surface area contributed by atoms with E-state index in [0.717, 1.165) is 45.2 Å². The smallest absolute Gasteiger partial charge is 0.231 e. The Morgan fingerprint density at radius 3 is 2.82 bits per heavy atom. The molecule has 110 valence electrons. The molecule has 0 saturated carbocycles. The molecule has 3 aromatic rings. The molecule has 3 N–H and O–H groups in total. The molecule has 0 unspecified atom stereocenters. The molecule has 22 heavy (non-hydrogen) atoms. The van der Waals surface area contributed by atoms with Crippen molar-refractivity contribution in [2.45, 2.75) is 6.92 Å². The quantitative estimate of drug-likeness (QED) is 0.706. The van der Waals surface area contributed by atoms with Crippen LogP contribution < -0.4 is 20.5 Å². The molecule has 0 amide bonds. The largest absolute Gasteiger partial charge is 0.454 e. The van der Waals surface area contributed by atoms with Gasteiger partial charge in [-0.15, -0.1) is 0 Å². The van der Waals surface area contributed by atoms with Gasteiger partial charge in [-0.25, -0.2) is 4.98 Å². The fourth-order valence-electron chi connectivity index (χ4n) is 2.63. The van der Waals surface area contributed by atoms with Crippen LogP contribution in [0.25, 0.3) is 10.8 Å². The van der Waals surface area contributed by atoms with Crippen LogP contribution >= 0.6 is 0 Å². The fraction of sp³-hybridized carbons (Fsp3) is 0.118. The van der Waals surface area contributed by atoms with Gasteiger partial charge in [-0.2, -0.15) is 0 Å². The normalized spacial score (nSPS) is 12.6. The van der Waals surface area contributed by atoms with E-state index < -0.39 is 0 Å². The first-order valence-corrected chi connectivity index (χ1v) is 7.03. The second-order valence-electron chi connectivity index (χ2n) is 5.25. The molecule has 0 saturated heterocycles. The summed E-state index contributed by atoms with van der Waals surface area (Å²) in [7, 11) is 0. The van der Waals surface area contributed by atoms with Crippen molar-refractivity contribution in [3.05, 3.63) is 48.2 Å². The minimum absolute atomic E-state index is 0.265. The van der Waals surface area contributed by atoms with Crippen molar-refractivity contribution in [3.63, 3.8) is 0 Å². The van der Waals surface area contributed by atoms with Crippen LogP contribution in [0.3, 0.4) is 0 Å². The van der Waals surface area contributed by atoms with Gasteiger partial charge in [0.05, 0.1) is 0 Å². The Hall–Kier alpha value is -2.95. The van der Waals surface area contributed by atoms with Gasteiger partial charge in [0.2, 0.25) is 6.79 Å². The number of hydrogen-bond acceptors (Lipinski definition) is 5. The van der Waals surface area contributed by atoms with E-state index in [0.29, 0.717) is 0 Å². The predicted octanol–water partition coefficient (Wildman–Crippen LogP) is 3.60. The number of ether oxygens (including phenoxy) is 2. The number of nitrogens with zero attached hydrogens (tertiary/aromatic N) is 1. The SMILES string of the molecule is Cc1cc2c(N)cccc2c(Nc2ccc3c(c2)OCO3)n1. The molecule has 0 fully saturated rings. The second kappa shape index (κ2) is 4.80. The Morgan fingerprint density at radius 2 is 1.91 bits per heavy atom. The van der Waals surface area contributed by atoms with Crippen molar-refractivity contribution < 1.29 is 9.47 Å². The maximum absolute atomic E-state index is 6.07. The van der Waals surface area contributed by atoms with E-state index in [-0.39, 0.29) is 6.79 Å². The highest BCUT2D eigenvalue weighted by Gasteiger charge is 2.14. The lowest BCUT2D eigenvalue weighted by Crippen LogP contribution is -1.98. The Bertz CT molecular complexity index is 877. The van der Waals surface area contributed by atoms with Gasteiger partial charge in [-0.05, 0) is 31.2 Å². The van der Waals surface area contributed by atoms with Gasteiger partial charge in [0.25, 0.3) is 0 Å². The molecule has 0 atom stereocenters. The lowest BCUT2D eigenvalue weighted by atomic mass is 10.1. The number of pyridine rings is 1. The monoisotopic (exact) mass is 293 g/mol. The lowest BCUT2D eigenvalue weighted by molar-refractivity contribution is 0.174. The van der Waals surface area contributed by atoms with Crippen LogP contribution in [0.15, 0.2) is 42.5 Å². The highest BCUT2D eigenvalue weighted by molar-refractivity contribution is 6.00. The highest BCUT2D eigenvalue weighted by Crippen LogP contribution is 2.36. The van der Waals surface area contributed by atoms with Crippen LogP contribution in [-0.4, -0.2) is 11.8 Å². The lowest BCUT2D eigenvalue weighted by Gasteiger charge is -2.12. The van der Waals surface area contributed by atoms with Gasteiger partial charge in [0.15, 0.2) is 11.5 Å². The van der Waals surface area contributed by atoms with Gasteiger partial charge in [0.1, 0.15) is 5.82 Å². The summed E-state index contributed by atoms with van der Waals surface area (Å²) in [5, 5.41) is 5.33. The van der Waals surface area contributed by atoms with Crippen molar-refractivity contribution in [3.8, 4) is 11.5 Å². The van der Waals surface area contributed by atoms with Crippen molar-refractivity contribution in [1.82, 2.24) is 4.98 Å². The number of fused-ring (bicyclic) bond motifs is 2. The van der Waals surface area contributed by atoms with Gasteiger partial charge in [-0.3, -0.25) is 0 Å². The Morgan fingerprint density at radius 1 is 1.05 bits per heavy atom. The molecule has 1 aromatic heterocycles. The van der Waals surface area contributed by atoms with Crippen molar-refractivity contribution in [1.29, 1.82) is 0 Å². The average molecular weight is 293 g/mol. The Balaban J connectivity index is 1.80. The first-order valence-electron chi connectivity index (χ1n) is 7.03. The summed E-state index contributed by atoms with van der Waals surface area (Å²) in [6.45, 7) is 2.22. The van der Waals surface area contributed by atoms with Crippen LogP contribution in [0.1, 0.15) is 5.69 Å². The number of hydrogen-bond donors (Lipinski definition) is 2. The molecule has 0 aliphatic carbocycles. The predicted molar refractivity (Wildman–Crippen MR) is 86.7 cm³/mol. The summed E-state index contributed by atoms with van der Waals surface area (Å²) in [6.07, 6.45) is 0. The third-order valence-corrected chi connectivity index (χ3v) is 3.67. The van der Waals surface area contributed by atoms with Crippen LogP contribution in [0.4, 0.5) is 17.2 Å². The van der Waals surface area contributed by atoms with E-state index in [2.05, 4.69) is 10.3 Å². The zero-order valence-electron chi connectivity index (χ0n) is 12.1. The zero-order valence-corrected chi connectivity index (χ0v) is 12.1. The second-order valence-corrected chi connectivity index (χ2v) is 5.25. The first kappa shape index (κ1) is 12.8. The van der Waals surface area contributed by atoms with Gasteiger partial charge < -0.3 is 20.5 Å². The summed E-state index contributed by atoms with van der Waals surface area (Å²) in [6, 6.07) is 13.6. The van der Waals surface area contributed by atoms with E-state index in [9.17, 15) is 0 Å². The number of nitrogens with two attached hydrogens (primary N) is 1. The van der Waals surface area contributed by atoms with Gasteiger partial charge in [-0.1, -0.05) is 12.1 Å². The van der Waals surface area contributed by atoms with E-state index in [1.807, 2.05) is 49.4 Å². The van der Waals surface area contributed by atoms with E-state index >= 15 is 0 Å². The molecule has 2 heterocycles. The van der Waals surface area contributed by atoms with Crippen LogP contribution in [-0.2, 0) is 0 Å². The van der Waals surface area contributed by atoms with Gasteiger partial charge in [0, 0.05) is 33.9 Å². The Kier molecular flexibility index (Phi) is 2.79. The van der Waals surface area contributed by atoms with Crippen molar-refractivity contribution >= 4 is 28.0 Å². The summed E-state index contributed by atoms with van der Waals surface area (Å²) in [5.41, 5.74) is 8.62. The van der Waals surface area contributed by atoms with E-state index in [4.69, 9.17) is 15.2 Å². The first-order chi connectivity index (χ1) is 10.7. The Labute approximate surface area is 127 Å². The summed E-state index contributed by atoms with van der Waals surface area (Å²) >= 11 is 0. The third kappa shape index (κ3) is 2.07. The maximum Gasteiger partial charge on any atom is 0.231 e. The van der Waals surface area contributed by atoms with Crippen molar-refractivity contribution in [2.75, 3.05) is 17.8 Å². The molecule has 0 bridgehead atoms. The third-order valence-electron chi connectivity index (χ3n) is 3.67. The maximum atomic E-state index is 6.07. The number of aryl methyl sites for hydroxylation is 1. The summed E-state index contributed by atoms with van der Waals surface area (Å²) in [5.74, 6) is 2.28. The molecule has 1 aliphatic heterocycles.